The fraction of sp³-hybridized carbons (Fsp3) is 0.760. The van der Waals surface area contributed by atoms with Gasteiger partial charge in [-0.1, -0.05) is 12.2 Å². The SMILES string of the molecule is CC(C)(C)OC(=O)NC1COCCC/C=C/C2CC2(C(=O)NS(=O)(=O)C2CC2)NC(=O)C2CC(O)CN2C1=O. The minimum absolute atomic E-state index is 0.0871. The molecular formula is C25H38N4O9S. The van der Waals surface area contributed by atoms with Crippen LogP contribution in [-0.2, 0) is 33.9 Å². The van der Waals surface area contributed by atoms with Crippen molar-refractivity contribution in [2.75, 3.05) is 19.8 Å². The molecule has 14 heteroatoms. The Bertz CT molecular complexity index is 1130. The lowest BCUT2D eigenvalue weighted by atomic mass is 10.1. The number of hydrogen-bond donors (Lipinski definition) is 4. The van der Waals surface area contributed by atoms with E-state index in [4.69, 9.17) is 9.47 Å². The Labute approximate surface area is 228 Å². The molecule has 3 fully saturated rings. The third-order valence-electron chi connectivity index (χ3n) is 7.13. The van der Waals surface area contributed by atoms with Crippen molar-refractivity contribution in [3.05, 3.63) is 12.2 Å². The molecule has 4 amide bonds. The molecule has 0 radical (unpaired) electrons. The van der Waals surface area contributed by atoms with Crippen molar-refractivity contribution in [1.29, 1.82) is 0 Å². The van der Waals surface area contributed by atoms with Crippen LogP contribution in [0.4, 0.5) is 4.79 Å². The molecule has 2 heterocycles. The number of ether oxygens (including phenoxy) is 2. The summed E-state index contributed by atoms with van der Waals surface area (Å²) in [6.45, 7) is 4.99. The Morgan fingerprint density at radius 1 is 1.26 bits per heavy atom. The maximum atomic E-state index is 13.5. The molecule has 0 aromatic rings. The zero-order valence-electron chi connectivity index (χ0n) is 22.5. The van der Waals surface area contributed by atoms with Crippen LogP contribution in [0.3, 0.4) is 0 Å². The second kappa shape index (κ2) is 11.0. The van der Waals surface area contributed by atoms with E-state index in [2.05, 4.69) is 15.4 Å². The lowest BCUT2D eigenvalue weighted by Gasteiger charge is -2.30. The number of fused-ring (bicyclic) bond motifs is 2. The highest BCUT2D eigenvalue weighted by Crippen LogP contribution is 2.46. The number of allylic oxidation sites excluding steroid dienone is 1. The van der Waals surface area contributed by atoms with Crippen LogP contribution >= 0.6 is 0 Å². The van der Waals surface area contributed by atoms with E-state index in [1.165, 1.54) is 0 Å². The molecule has 4 rings (SSSR count). The van der Waals surface area contributed by atoms with Gasteiger partial charge in [0, 0.05) is 25.5 Å². The van der Waals surface area contributed by atoms with E-state index >= 15 is 0 Å². The van der Waals surface area contributed by atoms with E-state index in [0.29, 0.717) is 25.7 Å². The first-order chi connectivity index (χ1) is 18.2. The number of carbonyl (C=O) groups is 4. The van der Waals surface area contributed by atoms with Crippen LogP contribution in [0.15, 0.2) is 12.2 Å². The molecule has 0 aromatic carbocycles. The third-order valence-corrected chi connectivity index (χ3v) is 8.95. The molecule has 1 saturated heterocycles. The first kappa shape index (κ1) is 29.3. The van der Waals surface area contributed by atoms with Crippen LogP contribution in [0.1, 0.15) is 59.3 Å². The van der Waals surface area contributed by atoms with Gasteiger partial charge in [0.05, 0.1) is 18.0 Å². The third kappa shape index (κ3) is 7.09. The van der Waals surface area contributed by atoms with E-state index in [0.717, 1.165) is 4.90 Å². The Kier molecular flexibility index (Phi) is 8.29. The molecule has 0 spiro atoms. The Morgan fingerprint density at radius 3 is 2.64 bits per heavy atom. The maximum Gasteiger partial charge on any atom is 0.408 e. The van der Waals surface area contributed by atoms with E-state index in [1.54, 1.807) is 26.8 Å². The molecule has 39 heavy (non-hydrogen) atoms. The molecule has 218 valence electrons. The van der Waals surface area contributed by atoms with E-state index < -0.39 is 74.3 Å². The number of aliphatic hydroxyl groups excluding tert-OH is 1. The highest BCUT2D eigenvalue weighted by Gasteiger charge is 2.62. The van der Waals surface area contributed by atoms with E-state index in [9.17, 15) is 32.7 Å². The van der Waals surface area contributed by atoms with Gasteiger partial charge in [0.25, 0.3) is 5.91 Å². The minimum Gasteiger partial charge on any atom is -0.444 e. The Balaban J connectivity index is 1.57. The zero-order valence-corrected chi connectivity index (χ0v) is 23.3. The molecule has 2 aliphatic heterocycles. The number of nitrogens with zero attached hydrogens (tertiary/aromatic N) is 1. The van der Waals surface area contributed by atoms with Crippen LogP contribution in [0.25, 0.3) is 0 Å². The first-order valence-corrected chi connectivity index (χ1v) is 14.9. The number of nitrogens with one attached hydrogen (secondary N) is 3. The van der Waals surface area contributed by atoms with Crippen LogP contribution < -0.4 is 15.4 Å². The standard InChI is InChI=1S/C25H38N4O9S/c1-24(2,3)38-23(34)26-18-14-37-10-6-4-5-7-15-12-25(15,22(33)28-39(35,36)17-8-9-17)27-20(31)19-11-16(30)13-29(19)21(18)32/h5,7,15-19,30H,4,6,8-14H2,1-3H3,(H,26,34)(H,27,31)(H,28,33)/b7-5+. The number of amides is 4. The second-order valence-electron chi connectivity index (χ2n) is 11.7. The molecule has 5 atom stereocenters. The summed E-state index contributed by atoms with van der Waals surface area (Å²) >= 11 is 0. The van der Waals surface area contributed by atoms with Gasteiger partial charge in [0.2, 0.25) is 21.8 Å². The summed E-state index contributed by atoms with van der Waals surface area (Å²) in [4.78, 5) is 53.9. The summed E-state index contributed by atoms with van der Waals surface area (Å²) in [5, 5.41) is 15.0. The van der Waals surface area contributed by atoms with Gasteiger partial charge in [-0.2, -0.15) is 0 Å². The van der Waals surface area contributed by atoms with E-state index in [1.807, 2.05) is 6.08 Å². The zero-order chi connectivity index (χ0) is 28.6. The number of alkyl carbamates (subject to hydrolysis) is 1. The summed E-state index contributed by atoms with van der Waals surface area (Å²) in [6, 6.07) is -2.33. The number of rotatable bonds is 4. The lowest BCUT2D eigenvalue weighted by molar-refractivity contribution is -0.142. The highest BCUT2D eigenvalue weighted by atomic mass is 32.2. The Hall–Kier alpha value is -2.71. The quantitative estimate of drug-likeness (QED) is 0.330. The van der Waals surface area contributed by atoms with Gasteiger partial charge in [-0.25, -0.2) is 13.2 Å². The van der Waals surface area contributed by atoms with Gasteiger partial charge in [0.15, 0.2) is 0 Å². The van der Waals surface area contributed by atoms with Gasteiger partial charge in [0.1, 0.15) is 23.2 Å². The maximum absolute atomic E-state index is 13.5. The molecule has 2 aliphatic carbocycles. The molecule has 2 saturated carbocycles. The fourth-order valence-corrected chi connectivity index (χ4v) is 6.23. The monoisotopic (exact) mass is 570 g/mol. The van der Waals surface area contributed by atoms with Crippen LogP contribution in [0, 0.1) is 5.92 Å². The highest BCUT2D eigenvalue weighted by molar-refractivity contribution is 7.91. The average Bonchev–Trinajstić information content (AvgIpc) is 3.73. The summed E-state index contributed by atoms with van der Waals surface area (Å²) in [5.74, 6) is -2.58. The molecule has 5 unspecified atom stereocenters. The van der Waals surface area contributed by atoms with Crippen molar-refractivity contribution < 1.29 is 42.2 Å². The predicted molar refractivity (Wildman–Crippen MR) is 138 cm³/mol. The largest absolute Gasteiger partial charge is 0.444 e. The molecule has 4 N–H and O–H groups in total. The van der Waals surface area contributed by atoms with Gasteiger partial charge in [-0.15, -0.1) is 0 Å². The van der Waals surface area contributed by atoms with Gasteiger partial charge in [-0.3, -0.25) is 19.1 Å². The summed E-state index contributed by atoms with van der Waals surface area (Å²) in [6.07, 6.45) is 4.01. The fourth-order valence-electron chi connectivity index (χ4n) is 4.86. The minimum atomic E-state index is -3.85. The number of carbonyl (C=O) groups excluding carboxylic acids is 4. The lowest BCUT2D eigenvalue weighted by Crippen LogP contribution is -2.59. The topological polar surface area (TPSA) is 180 Å². The summed E-state index contributed by atoms with van der Waals surface area (Å²) in [7, 11) is -3.85. The predicted octanol–water partition coefficient (Wildman–Crippen LogP) is -0.309. The molecule has 0 bridgehead atoms. The molecule has 0 aromatic heterocycles. The van der Waals surface area contributed by atoms with Gasteiger partial charge < -0.3 is 30.1 Å². The van der Waals surface area contributed by atoms with Crippen molar-refractivity contribution in [3.8, 4) is 0 Å². The molecule has 13 nitrogen and oxygen atoms in total. The Morgan fingerprint density at radius 2 is 1.97 bits per heavy atom. The first-order valence-electron chi connectivity index (χ1n) is 13.3. The number of hydrogen-bond acceptors (Lipinski definition) is 9. The molecular weight excluding hydrogens is 532 g/mol. The van der Waals surface area contributed by atoms with Crippen LogP contribution in [0.2, 0.25) is 0 Å². The summed E-state index contributed by atoms with van der Waals surface area (Å²) < 4.78 is 38.0. The number of sulfonamides is 1. The second-order valence-corrected chi connectivity index (χ2v) is 13.6. The smallest absolute Gasteiger partial charge is 0.408 e. The van der Waals surface area contributed by atoms with Crippen molar-refractivity contribution in [2.24, 2.45) is 5.92 Å². The average molecular weight is 571 g/mol. The number of aliphatic hydroxyl groups is 1. The molecule has 4 aliphatic rings. The normalized spacial score (nSPS) is 33.0. The van der Waals surface area contributed by atoms with Gasteiger partial charge in [-0.05, 0) is 52.9 Å². The van der Waals surface area contributed by atoms with Crippen molar-refractivity contribution in [1.82, 2.24) is 20.3 Å². The summed E-state index contributed by atoms with van der Waals surface area (Å²) in [5.41, 5.74) is -2.29. The van der Waals surface area contributed by atoms with Gasteiger partial charge >= 0.3 is 6.09 Å². The van der Waals surface area contributed by atoms with Crippen molar-refractivity contribution in [3.63, 3.8) is 0 Å². The van der Waals surface area contributed by atoms with Crippen LogP contribution in [-0.4, -0.2) is 96.6 Å². The van der Waals surface area contributed by atoms with E-state index in [-0.39, 0.29) is 32.6 Å². The van der Waals surface area contributed by atoms with Crippen LogP contribution in [0.5, 0.6) is 0 Å². The van der Waals surface area contributed by atoms with Crippen molar-refractivity contribution in [2.45, 2.75) is 93.9 Å². The van der Waals surface area contributed by atoms with Crippen molar-refractivity contribution >= 4 is 33.8 Å².